The lowest BCUT2D eigenvalue weighted by Crippen LogP contribution is -2.39. The minimum Gasteiger partial charge on any atom is -0.397 e. The molecule has 0 spiro atoms. The number of nitrogens with zero attached hydrogens (tertiary/aromatic N) is 1. The van der Waals surface area contributed by atoms with E-state index in [4.69, 9.17) is 5.73 Å². The Morgan fingerprint density at radius 1 is 1.47 bits per heavy atom. The van der Waals surface area contributed by atoms with Gasteiger partial charge in [0.2, 0.25) is 0 Å². The molecule has 0 aromatic carbocycles. The van der Waals surface area contributed by atoms with Gasteiger partial charge in [-0.2, -0.15) is 0 Å². The Bertz CT molecular complexity index is 434. The van der Waals surface area contributed by atoms with E-state index in [1.165, 1.54) is 0 Å². The van der Waals surface area contributed by atoms with Gasteiger partial charge in [0, 0.05) is 18.8 Å². The number of aliphatic hydroxyl groups excluding tert-OH is 1. The normalized spacial score (nSPS) is 23.3. The Kier molecular flexibility index (Phi) is 4.47. The number of aryl methyl sites for hydroxylation is 1. The average molecular weight is 265 g/mol. The Hall–Kier alpha value is -1.49. The molecule has 1 saturated carbocycles. The molecule has 0 saturated heterocycles. The fourth-order valence-corrected chi connectivity index (χ4v) is 2.63. The SMILES string of the molecule is CCCn1cc(N)cc1C(=O)NC1CCC(O)CC1. The smallest absolute Gasteiger partial charge is 0.268 e. The van der Waals surface area contributed by atoms with Gasteiger partial charge >= 0.3 is 0 Å². The predicted molar refractivity (Wildman–Crippen MR) is 74.9 cm³/mol. The molecule has 106 valence electrons. The van der Waals surface area contributed by atoms with Crippen molar-refractivity contribution in [1.82, 2.24) is 9.88 Å². The van der Waals surface area contributed by atoms with Crippen LogP contribution in [0.2, 0.25) is 0 Å². The van der Waals surface area contributed by atoms with Gasteiger partial charge in [-0.15, -0.1) is 0 Å². The molecule has 1 amide bonds. The number of nitrogens with two attached hydrogens (primary N) is 1. The summed E-state index contributed by atoms with van der Waals surface area (Å²) in [6.07, 6.45) is 5.79. The first kappa shape index (κ1) is 13.9. The van der Waals surface area contributed by atoms with Gasteiger partial charge in [-0.05, 0) is 38.2 Å². The summed E-state index contributed by atoms with van der Waals surface area (Å²) in [7, 11) is 0. The van der Waals surface area contributed by atoms with Crippen LogP contribution in [0.4, 0.5) is 5.69 Å². The van der Waals surface area contributed by atoms with Crippen molar-refractivity contribution in [1.29, 1.82) is 0 Å². The number of anilines is 1. The lowest BCUT2D eigenvalue weighted by atomic mass is 9.93. The summed E-state index contributed by atoms with van der Waals surface area (Å²) >= 11 is 0. The minimum absolute atomic E-state index is 0.0634. The topological polar surface area (TPSA) is 80.3 Å². The van der Waals surface area contributed by atoms with Gasteiger partial charge in [-0.3, -0.25) is 4.79 Å². The number of amides is 1. The monoisotopic (exact) mass is 265 g/mol. The highest BCUT2D eigenvalue weighted by atomic mass is 16.3. The number of carbonyl (C=O) groups excluding carboxylic acids is 1. The summed E-state index contributed by atoms with van der Waals surface area (Å²) in [6, 6.07) is 1.89. The number of nitrogens with one attached hydrogen (secondary N) is 1. The van der Waals surface area contributed by atoms with E-state index >= 15 is 0 Å². The third kappa shape index (κ3) is 3.50. The number of aliphatic hydroxyl groups is 1. The molecule has 0 atom stereocenters. The van der Waals surface area contributed by atoms with Gasteiger partial charge in [-0.25, -0.2) is 0 Å². The van der Waals surface area contributed by atoms with E-state index in [2.05, 4.69) is 12.2 Å². The van der Waals surface area contributed by atoms with Gasteiger partial charge < -0.3 is 20.7 Å². The van der Waals surface area contributed by atoms with Crippen molar-refractivity contribution in [3.05, 3.63) is 18.0 Å². The summed E-state index contributed by atoms with van der Waals surface area (Å²) in [4.78, 5) is 12.3. The summed E-state index contributed by atoms with van der Waals surface area (Å²) < 4.78 is 1.91. The fraction of sp³-hybridized carbons (Fsp3) is 0.643. The van der Waals surface area contributed by atoms with Crippen LogP contribution in [0, 0.1) is 0 Å². The lowest BCUT2D eigenvalue weighted by molar-refractivity contribution is 0.0859. The molecule has 1 fully saturated rings. The second kappa shape index (κ2) is 6.10. The number of rotatable bonds is 4. The molecule has 0 unspecified atom stereocenters. The van der Waals surface area contributed by atoms with Crippen LogP contribution in [0.15, 0.2) is 12.3 Å². The van der Waals surface area contributed by atoms with E-state index in [0.717, 1.165) is 38.6 Å². The quantitative estimate of drug-likeness (QED) is 0.772. The Balaban J connectivity index is 1.99. The molecule has 0 bridgehead atoms. The van der Waals surface area contributed by atoms with Crippen LogP contribution >= 0.6 is 0 Å². The van der Waals surface area contributed by atoms with E-state index < -0.39 is 0 Å². The van der Waals surface area contributed by atoms with E-state index in [1.54, 1.807) is 6.07 Å². The van der Waals surface area contributed by atoms with E-state index in [0.29, 0.717) is 11.4 Å². The van der Waals surface area contributed by atoms with Gasteiger partial charge in [0.1, 0.15) is 5.69 Å². The number of carbonyl (C=O) groups is 1. The third-order valence-electron chi connectivity index (χ3n) is 3.65. The number of hydrogen-bond donors (Lipinski definition) is 3. The molecule has 0 aliphatic heterocycles. The Morgan fingerprint density at radius 3 is 2.79 bits per heavy atom. The maximum Gasteiger partial charge on any atom is 0.268 e. The largest absolute Gasteiger partial charge is 0.397 e. The van der Waals surface area contributed by atoms with Crippen molar-refractivity contribution in [3.63, 3.8) is 0 Å². The zero-order valence-electron chi connectivity index (χ0n) is 11.4. The van der Waals surface area contributed by atoms with Crippen LogP contribution in [-0.4, -0.2) is 27.7 Å². The molecule has 1 heterocycles. The molecule has 19 heavy (non-hydrogen) atoms. The van der Waals surface area contributed by atoms with E-state index in [1.807, 2.05) is 10.8 Å². The van der Waals surface area contributed by atoms with Crippen molar-refractivity contribution in [2.75, 3.05) is 5.73 Å². The molecule has 5 nitrogen and oxygen atoms in total. The zero-order valence-corrected chi connectivity index (χ0v) is 11.4. The molecular formula is C14H23N3O2. The van der Waals surface area contributed by atoms with Crippen LogP contribution in [0.1, 0.15) is 49.5 Å². The van der Waals surface area contributed by atoms with Gasteiger partial charge in [0.05, 0.1) is 11.8 Å². The molecule has 2 rings (SSSR count). The van der Waals surface area contributed by atoms with Crippen molar-refractivity contribution in [2.24, 2.45) is 0 Å². The Morgan fingerprint density at radius 2 is 2.16 bits per heavy atom. The summed E-state index contributed by atoms with van der Waals surface area (Å²) in [5.74, 6) is -0.0634. The van der Waals surface area contributed by atoms with Crippen molar-refractivity contribution < 1.29 is 9.90 Å². The van der Waals surface area contributed by atoms with Crippen LogP contribution < -0.4 is 11.1 Å². The lowest BCUT2D eigenvalue weighted by Gasteiger charge is -2.26. The molecule has 4 N–H and O–H groups in total. The molecule has 1 aliphatic rings. The second-order valence-electron chi connectivity index (χ2n) is 5.33. The summed E-state index contributed by atoms with van der Waals surface area (Å²) in [6.45, 7) is 2.86. The highest BCUT2D eigenvalue weighted by molar-refractivity contribution is 5.94. The molecule has 1 aromatic rings. The number of nitrogen functional groups attached to an aromatic ring is 1. The van der Waals surface area contributed by atoms with Crippen LogP contribution in [0.25, 0.3) is 0 Å². The maximum atomic E-state index is 12.3. The minimum atomic E-state index is -0.201. The van der Waals surface area contributed by atoms with E-state index in [9.17, 15) is 9.90 Å². The second-order valence-corrected chi connectivity index (χ2v) is 5.33. The number of hydrogen-bond acceptors (Lipinski definition) is 3. The summed E-state index contributed by atoms with van der Waals surface area (Å²) in [5, 5.41) is 12.5. The van der Waals surface area contributed by atoms with Crippen molar-refractivity contribution in [3.8, 4) is 0 Å². The van der Waals surface area contributed by atoms with Crippen molar-refractivity contribution >= 4 is 11.6 Å². The molecule has 1 aromatic heterocycles. The molecule has 5 heteroatoms. The standard InChI is InChI=1S/C14H23N3O2/c1-2-7-17-9-10(15)8-13(17)14(19)16-11-3-5-12(18)6-4-11/h8-9,11-12,18H,2-7,15H2,1H3,(H,16,19). The van der Waals surface area contributed by atoms with Gasteiger partial charge in [0.15, 0.2) is 0 Å². The van der Waals surface area contributed by atoms with E-state index in [-0.39, 0.29) is 18.1 Å². The third-order valence-corrected chi connectivity index (χ3v) is 3.65. The van der Waals surface area contributed by atoms with Gasteiger partial charge in [-0.1, -0.05) is 6.92 Å². The highest BCUT2D eigenvalue weighted by Crippen LogP contribution is 2.19. The molecular weight excluding hydrogens is 242 g/mol. The fourth-order valence-electron chi connectivity index (χ4n) is 2.63. The zero-order chi connectivity index (χ0) is 13.8. The Labute approximate surface area is 113 Å². The summed E-state index contributed by atoms with van der Waals surface area (Å²) in [5.41, 5.74) is 7.02. The van der Waals surface area contributed by atoms with Crippen LogP contribution in [0.5, 0.6) is 0 Å². The van der Waals surface area contributed by atoms with Crippen LogP contribution in [0.3, 0.4) is 0 Å². The highest BCUT2D eigenvalue weighted by Gasteiger charge is 2.22. The van der Waals surface area contributed by atoms with Crippen LogP contribution in [-0.2, 0) is 6.54 Å². The first-order valence-electron chi connectivity index (χ1n) is 7.04. The van der Waals surface area contributed by atoms with Crippen molar-refractivity contribution in [2.45, 2.75) is 57.7 Å². The first-order valence-corrected chi connectivity index (χ1v) is 7.04. The molecule has 1 aliphatic carbocycles. The average Bonchev–Trinajstić information content (AvgIpc) is 2.74. The predicted octanol–water partition coefficient (Wildman–Crippen LogP) is 1.51. The van der Waals surface area contributed by atoms with Gasteiger partial charge in [0.25, 0.3) is 5.91 Å². The maximum absolute atomic E-state index is 12.3. The number of aromatic nitrogens is 1. The first-order chi connectivity index (χ1) is 9.10. The molecule has 0 radical (unpaired) electrons.